The van der Waals surface area contributed by atoms with Crippen LogP contribution in [0.2, 0.25) is 0 Å². The Kier molecular flexibility index (Phi) is 8.11. The molecule has 0 radical (unpaired) electrons. The minimum absolute atomic E-state index is 0.569. The van der Waals surface area contributed by atoms with Crippen LogP contribution in [0.1, 0.15) is 38.7 Å². The Morgan fingerprint density at radius 2 is 1.83 bits per heavy atom. The first-order valence-corrected chi connectivity index (χ1v) is 7.60. The molecule has 1 aromatic rings. The topological polar surface area (TPSA) is 12.0 Å². The quantitative estimate of drug-likeness (QED) is 0.521. The van der Waals surface area contributed by atoms with Crippen LogP contribution in [-0.2, 0) is 6.42 Å². The molecule has 0 fully saturated rings. The molecule has 102 valence electrons. The summed E-state index contributed by atoms with van der Waals surface area (Å²) in [5.74, 6) is 1.41. The van der Waals surface area contributed by atoms with Gasteiger partial charge in [-0.3, -0.25) is 0 Å². The van der Waals surface area contributed by atoms with E-state index < -0.39 is 0 Å². The molecule has 0 aromatic heterocycles. The van der Waals surface area contributed by atoms with Crippen molar-refractivity contribution >= 4 is 11.6 Å². The Labute approximate surface area is 117 Å². The molecule has 0 saturated heterocycles. The monoisotopic (exact) mass is 267 g/mol. The van der Waals surface area contributed by atoms with Crippen molar-refractivity contribution in [2.75, 3.05) is 12.4 Å². The van der Waals surface area contributed by atoms with Crippen LogP contribution in [0.15, 0.2) is 30.3 Å². The molecule has 2 heteroatoms. The molecule has 18 heavy (non-hydrogen) atoms. The van der Waals surface area contributed by atoms with Gasteiger partial charge in [0.15, 0.2) is 0 Å². The van der Waals surface area contributed by atoms with Crippen molar-refractivity contribution in [3.8, 4) is 0 Å². The Morgan fingerprint density at radius 1 is 1.11 bits per heavy atom. The number of benzene rings is 1. The van der Waals surface area contributed by atoms with Gasteiger partial charge in [0, 0.05) is 11.9 Å². The molecule has 0 bridgehead atoms. The highest BCUT2D eigenvalue weighted by Gasteiger charge is 2.10. The van der Waals surface area contributed by atoms with Crippen LogP contribution < -0.4 is 5.32 Å². The fourth-order valence-electron chi connectivity index (χ4n) is 2.17. The maximum atomic E-state index is 5.82. The van der Waals surface area contributed by atoms with Crippen molar-refractivity contribution in [2.24, 2.45) is 5.92 Å². The average molecular weight is 268 g/mol. The van der Waals surface area contributed by atoms with E-state index in [4.69, 9.17) is 11.6 Å². The number of hydrogen-bond acceptors (Lipinski definition) is 1. The number of halogens is 1. The van der Waals surface area contributed by atoms with Crippen molar-refractivity contribution < 1.29 is 0 Å². The number of aryl methyl sites for hydroxylation is 1. The lowest BCUT2D eigenvalue weighted by molar-refractivity contribution is 0.386. The largest absolute Gasteiger partial charge is 0.314 e. The van der Waals surface area contributed by atoms with Gasteiger partial charge < -0.3 is 5.32 Å². The first-order chi connectivity index (χ1) is 8.74. The van der Waals surface area contributed by atoms with E-state index in [1.54, 1.807) is 0 Å². The summed E-state index contributed by atoms with van der Waals surface area (Å²) in [7, 11) is 0. The van der Waals surface area contributed by atoms with Crippen LogP contribution in [0.4, 0.5) is 0 Å². The van der Waals surface area contributed by atoms with E-state index in [2.05, 4.69) is 49.5 Å². The Bertz CT molecular complexity index is 297. The molecule has 0 aliphatic heterocycles. The zero-order valence-electron chi connectivity index (χ0n) is 11.7. The average Bonchev–Trinajstić information content (AvgIpc) is 2.38. The number of rotatable bonds is 9. The molecule has 0 amide bonds. The van der Waals surface area contributed by atoms with Crippen LogP contribution >= 0.6 is 11.6 Å². The summed E-state index contributed by atoms with van der Waals surface area (Å²) in [5.41, 5.74) is 1.44. The number of unbranched alkanes of at least 4 members (excludes halogenated alkanes) is 1. The Balaban J connectivity index is 2.10. The molecular weight excluding hydrogens is 242 g/mol. The van der Waals surface area contributed by atoms with Crippen LogP contribution in [-0.4, -0.2) is 18.5 Å². The predicted octanol–water partition coefficient (Wildman–Crippen LogP) is 4.25. The fourth-order valence-corrected chi connectivity index (χ4v) is 2.41. The zero-order chi connectivity index (χ0) is 13.2. The van der Waals surface area contributed by atoms with Gasteiger partial charge in [-0.05, 0) is 43.7 Å². The van der Waals surface area contributed by atoms with Gasteiger partial charge in [0.2, 0.25) is 0 Å². The Morgan fingerprint density at radius 3 is 2.44 bits per heavy atom. The van der Waals surface area contributed by atoms with Gasteiger partial charge in [0.05, 0.1) is 0 Å². The van der Waals surface area contributed by atoms with E-state index in [1.807, 2.05) is 0 Å². The maximum absolute atomic E-state index is 5.82. The summed E-state index contributed by atoms with van der Waals surface area (Å²) >= 11 is 5.82. The summed E-state index contributed by atoms with van der Waals surface area (Å²) in [5, 5.41) is 3.62. The van der Waals surface area contributed by atoms with E-state index in [0.717, 1.165) is 18.8 Å². The van der Waals surface area contributed by atoms with Gasteiger partial charge in [-0.15, -0.1) is 11.6 Å². The van der Waals surface area contributed by atoms with Crippen molar-refractivity contribution in [1.82, 2.24) is 5.32 Å². The molecule has 1 N–H and O–H groups in total. The van der Waals surface area contributed by atoms with E-state index in [-0.39, 0.29) is 0 Å². The third kappa shape index (κ3) is 6.42. The zero-order valence-corrected chi connectivity index (χ0v) is 12.4. The molecule has 1 nitrogen and oxygen atoms in total. The smallest absolute Gasteiger partial charge is 0.0238 e. The van der Waals surface area contributed by atoms with Crippen molar-refractivity contribution in [3.05, 3.63) is 35.9 Å². The van der Waals surface area contributed by atoms with Crippen LogP contribution in [0.3, 0.4) is 0 Å². The molecular formula is C16H26ClN. The van der Waals surface area contributed by atoms with Gasteiger partial charge in [0.25, 0.3) is 0 Å². The Hall–Kier alpha value is -0.530. The summed E-state index contributed by atoms with van der Waals surface area (Å²) in [4.78, 5) is 0. The van der Waals surface area contributed by atoms with Gasteiger partial charge >= 0.3 is 0 Å². The molecule has 1 atom stereocenters. The lowest BCUT2D eigenvalue weighted by Crippen LogP contribution is -2.34. The fraction of sp³-hybridized carbons (Fsp3) is 0.625. The molecule has 0 heterocycles. The van der Waals surface area contributed by atoms with Gasteiger partial charge in [-0.25, -0.2) is 0 Å². The van der Waals surface area contributed by atoms with Gasteiger partial charge in [-0.2, -0.15) is 0 Å². The highest BCUT2D eigenvalue weighted by molar-refractivity contribution is 6.17. The van der Waals surface area contributed by atoms with Crippen LogP contribution in [0, 0.1) is 5.92 Å². The molecule has 0 spiro atoms. The molecule has 0 aliphatic carbocycles. The molecule has 1 unspecified atom stereocenters. The number of nitrogens with one attached hydrogen (secondary N) is 1. The van der Waals surface area contributed by atoms with E-state index >= 15 is 0 Å². The summed E-state index contributed by atoms with van der Waals surface area (Å²) in [6, 6.07) is 11.3. The first kappa shape index (κ1) is 15.5. The highest BCUT2D eigenvalue weighted by Crippen LogP contribution is 2.08. The summed E-state index contributed by atoms with van der Waals surface area (Å²) in [6.07, 6.45) is 4.74. The van der Waals surface area contributed by atoms with Crippen molar-refractivity contribution in [2.45, 2.75) is 45.6 Å². The summed E-state index contributed by atoms with van der Waals surface area (Å²) < 4.78 is 0. The molecule has 0 saturated carbocycles. The summed E-state index contributed by atoms with van der Waals surface area (Å²) in [6.45, 7) is 5.62. The van der Waals surface area contributed by atoms with E-state index in [0.29, 0.717) is 12.0 Å². The predicted molar refractivity (Wildman–Crippen MR) is 81.3 cm³/mol. The lowest BCUT2D eigenvalue weighted by atomic mass is 10.0. The second-order valence-electron chi connectivity index (χ2n) is 5.22. The van der Waals surface area contributed by atoms with Crippen molar-refractivity contribution in [1.29, 1.82) is 0 Å². The van der Waals surface area contributed by atoms with E-state index in [1.165, 1.54) is 24.8 Å². The lowest BCUT2D eigenvalue weighted by Gasteiger charge is -2.21. The van der Waals surface area contributed by atoms with Crippen LogP contribution in [0.5, 0.6) is 0 Å². The maximum Gasteiger partial charge on any atom is 0.0238 e. The second-order valence-corrected chi connectivity index (χ2v) is 5.60. The first-order valence-electron chi connectivity index (χ1n) is 7.07. The molecule has 0 aliphatic rings. The second kappa shape index (κ2) is 9.41. The third-order valence-electron chi connectivity index (χ3n) is 3.37. The van der Waals surface area contributed by atoms with Gasteiger partial charge in [-0.1, -0.05) is 44.2 Å². The standard InChI is InChI=1S/C16H26ClN/c1-14(2)16(11-12-17)18-13-7-6-10-15-8-4-3-5-9-15/h3-5,8-9,14,16,18H,6-7,10-13H2,1-2H3. The molecule has 1 rings (SSSR count). The molecule has 1 aromatic carbocycles. The number of alkyl halides is 1. The third-order valence-corrected chi connectivity index (χ3v) is 3.58. The normalized spacial score (nSPS) is 12.9. The van der Waals surface area contributed by atoms with E-state index in [9.17, 15) is 0 Å². The highest BCUT2D eigenvalue weighted by atomic mass is 35.5. The SMILES string of the molecule is CC(C)C(CCCl)NCCCCc1ccccc1. The minimum Gasteiger partial charge on any atom is -0.314 e. The van der Waals surface area contributed by atoms with Crippen LogP contribution in [0.25, 0.3) is 0 Å². The number of hydrogen-bond donors (Lipinski definition) is 1. The minimum atomic E-state index is 0.569. The van der Waals surface area contributed by atoms with Crippen molar-refractivity contribution in [3.63, 3.8) is 0 Å². The van der Waals surface area contributed by atoms with Gasteiger partial charge in [0.1, 0.15) is 0 Å².